The van der Waals surface area contributed by atoms with Crippen LogP contribution in [-0.2, 0) is 4.74 Å². The molecule has 0 saturated carbocycles. The van der Waals surface area contributed by atoms with E-state index in [1.54, 1.807) is 23.1 Å². The summed E-state index contributed by atoms with van der Waals surface area (Å²) in [4.78, 5) is 14.2. The second-order valence-electron chi connectivity index (χ2n) is 4.65. The lowest BCUT2D eigenvalue weighted by molar-refractivity contribution is 0.0154. The van der Waals surface area contributed by atoms with E-state index in [2.05, 4.69) is 0 Å². The number of nitrogens with zero attached hydrogens (tertiary/aromatic N) is 1. The molecule has 1 aromatic carbocycles. The minimum atomic E-state index is -0.0757. The molecule has 0 aliphatic carbocycles. The molecular weight excluding hydrogens is 321 g/mol. The third-order valence-electron chi connectivity index (χ3n) is 3.34. The van der Waals surface area contributed by atoms with Crippen molar-refractivity contribution in [2.45, 2.75) is 18.9 Å². The summed E-state index contributed by atoms with van der Waals surface area (Å²) in [5.41, 5.74) is 0.458. The molecule has 2 rings (SSSR count). The van der Waals surface area contributed by atoms with E-state index >= 15 is 0 Å². The Hall–Kier alpha value is -0.480. The highest BCUT2D eigenvalue weighted by atomic mass is 35.5. The molecule has 1 amide bonds. The second-order valence-corrected chi connectivity index (χ2v) is 5.82. The average molecular weight is 337 g/mol. The Bertz CT molecular complexity index is 473. The highest BCUT2D eigenvalue weighted by Gasteiger charge is 2.25. The zero-order chi connectivity index (χ0) is 14.5. The van der Waals surface area contributed by atoms with Crippen molar-refractivity contribution in [3.05, 3.63) is 33.8 Å². The smallest absolute Gasteiger partial charge is 0.255 e. The first-order valence-electron chi connectivity index (χ1n) is 6.54. The van der Waals surface area contributed by atoms with Gasteiger partial charge in [-0.15, -0.1) is 11.6 Å². The third kappa shape index (κ3) is 3.79. The van der Waals surface area contributed by atoms with Crippen LogP contribution in [0.5, 0.6) is 0 Å². The Morgan fingerprint density at radius 3 is 2.65 bits per heavy atom. The predicted molar refractivity (Wildman–Crippen MR) is 82.1 cm³/mol. The van der Waals surface area contributed by atoms with Crippen molar-refractivity contribution in [2.24, 2.45) is 0 Å². The van der Waals surface area contributed by atoms with Gasteiger partial charge in [-0.2, -0.15) is 0 Å². The van der Waals surface area contributed by atoms with E-state index in [-0.39, 0.29) is 12.0 Å². The van der Waals surface area contributed by atoms with Crippen LogP contribution >= 0.6 is 34.8 Å². The molecule has 1 aromatic rings. The summed E-state index contributed by atoms with van der Waals surface area (Å²) in [6.07, 6.45) is 1.83. The molecule has 0 bridgehead atoms. The first kappa shape index (κ1) is 15.9. The summed E-state index contributed by atoms with van der Waals surface area (Å²) in [6, 6.07) is 5.11. The number of carbonyl (C=O) groups is 1. The highest BCUT2D eigenvalue weighted by molar-refractivity contribution is 6.43. The topological polar surface area (TPSA) is 29.5 Å². The van der Waals surface area contributed by atoms with Crippen LogP contribution in [0.15, 0.2) is 18.2 Å². The van der Waals surface area contributed by atoms with Crippen LogP contribution in [0.2, 0.25) is 10.0 Å². The van der Waals surface area contributed by atoms with Crippen molar-refractivity contribution < 1.29 is 9.53 Å². The Labute approximate surface area is 133 Å². The van der Waals surface area contributed by atoms with Crippen molar-refractivity contribution in [1.29, 1.82) is 0 Å². The summed E-state index contributed by atoms with van der Waals surface area (Å²) in [5, 5.41) is 0.720. The number of hydrogen-bond donors (Lipinski definition) is 0. The third-order valence-corrected chi connectivity index (χ3v) is 4.32. The molecule has 1 aliphatic heterocycles. The Morgan fingerprint density at radius 1 is 1.30 bits per heavy atom. The van der Waals surface area contributed by atoms with Gasteiger partial charge in [0.15, 0.2) is 0 Å². The lowest BCUT2D eigenvalue weighted by Gasteiger charge is -2.32. The quantitative estimate of drug-likeness (QED) is 0.782. The lowest BCUT2D eigenvalue weighted by Crippen LogP contribution is -2.41. The molecule has 0 atom stereocenters. The van der Waals surface area contributed by atoms with Gasteiger partial charge in [0.2, 0.25) is 0 Å². The van der Waals surface area contributed by atoms with E-state index in [4.69, 9.17) is 39.5 Å². The van der Waals surface area contributed by atoms with Crippen molar-refractivity contribution in [3.8, 4) is 0 Å². The Kier molecular flexibility index (Phi) is 5.97. The SMILES string of the molecule is O=C(c1cccc(Cl)c1Cl)N1CCC(OCCCl)CC1. The zero-order valence-corrected chi connectivity index (χ0v) is 13.2. The molecule has 1 heterocycles. The van der Waals surface area contributed by atoms with E-state index in [0.29, 0.717) is 41.2 Å². The number of ether oxygens (including phenoxy) is 1. The van der Waals surface area contributed by atoms with Gasteiger partial charge in [0.1, 0.15) is 0 Å². The molecule has 110 valence electrons. The van der Waals surface area contributed by atoms with Crippen LogP contribution in [0, 0.1) is 0 Å². The largest absolute Gasteiger partial charge is 0.377 e. The fourth-order valence-corrected chi connectivity index (χ4v) is 2.75. The summed E-state index contributed by atoms with van der Waals surface area (Å²) < 4.78 is 5.59. The van der Waals surface area contributed by atoms with Crippen LogP contribution in [0.3, 0.4) is 0 Å². The molecule has 0 radical (unpaired) electrons. The van der Waals surface area contributed by atoms with E-state index < -0.39 is 0 Å². The molecule has 6 heteroatoms. The molecule has 3 nitrogen and oxygen atoms in total. The summed E-state index contributed by atoms with van der Waals surface area (Å²) in [7, 11) is 0. The number of hydrogen-bond acceptors (Lipinski definition) is 2. The van der Waals surface area contributed by atoms with Gasteiger partial charge >= 0.3 is 0 Å². The molecule has 1 aliphatic rings. The molecule has 0 spiro atoms. The van der Waals surface area contributed by atoms with E-state index in [0.717, 1.165) is 12.8 Å². The number of piperidine rings is 1. The normalized spacial score (nSPS) is 16.4. The van der Waals surface area contributed by atoms with Gasteiger partial charge in [-0.1, -0.05) is 29.3 Å². The van der Waals surface area contributed by atoms with Gasteiger partial charge in [-0.3, -0.25) is 4.79 Å². The van der Waals surface area contributed by atoms with Gasteiger partial charge in [-0.05, 0) is 25.0 Å². The maximum absolute atomic E-state index is 12.4. The van der Waals surface area contributed by atoms with Crippen molar-refractivity contribution >= 4 is 40.7 Å². The van der Waals surface area contributed by atoms with Gasteiger partial charge in [0.05, 0.1) is 28.3 Å². The molecular formula is C14H16Cl3NO2. The number of alkyl halides is 1. The van der Waals surface area contributed by atoms with E-state index in [9.17, 15) is 4.79 Å². The van der Waals surface area contributed by atoms with Crippen molar-refractivity contribution in [2.75, 3.05) is 25.6 Å². The first-order valence-corrected chi connectivity index (χ1v) is 7.83. The minimum absolute atomic E-state index is 0.0757. The maximum atomic E-state index is 12.4. The highest BCUT2D eigenvalue weighted by Crippen LogP contribution is 2.27. The molecule has 1 saturated heterocycles. The van der Waals surface area contributed by atoms with E-state index in [1.165, 1.54) is 0 Å². The van der Waals surface area contributed by atoms with Crippen LogP contribution in [0.4, 0.5) is 0 Å². The van der Waals surface area contributed by atoms with Gasteiger partial charge in [0, 0.05) is 19.0 Å². The van der Waals surface area contributed by atoms with Crippen LogP contribution in [-0.4, -0.2) is 42.5 Å². The molecule has 1 fully saturated rings. The second kappa shape index (κ2) is 7.51. The number of carbonyl (C=O) groups excluding carboxylic acids is 1. The fourth-order valence-electron chi connectivity index (χ4n) is 2.28. The number of amides is 1. The van der Waals surface area contributed by atoms with Gasteiger partial charge in [-0.25, -0.2) is 0 Å². The molecule has 20 heavy (non-hydrogen) atoms. The summed E-state index contributed by atoms with van der Waals surface area (Å²) in [6.45, 7) is 1.88. The Balaban J connectivity index is 1.96. The zero-order valence-electron chi connectivity index (χ0n) is 10.9. The fraction of sp³-hybridized carbons (Fsp3) is 0.500. The van der Waals surface area contributed by atoms with Crippen LogP contribution < -0.4 is 0 Å². The summed E-state index contributed by atoms with van der Waals surface area (Å²) >= 11 is 17.6. The Morgan fingerprint density at radius 2 is 2.00 bits per heavy atom. The first-order chi connectivity index (χ1) is 9.63. The average Bonchev–Trinajstić information content (AvgIpc) is 2.48. The number of rotatable bonds is 4. The monoisotopic (exact) mass is 335 g/mol. The number of halogens is 3. The van der Waals surface area contributed by atoms with Crippen molar-refractivity contribution in [1.82, 2.24) is 4.90 Å². The van der Waals surface area contributed by atoms with E-state index in [1.807, 2.05) is 0 Å². The minimum Gasteiger partial charge on any atom is -0.377 e. The van der Waals surface area contributed by atoms with Crippen molar-refractivity contribution in [3.63, 3.8) is 0 Å². The maximum Gasteiger partial charge on any atom is 0.255 e. The molecule has 0 unspecified atom stereocenters. The molecule has 0 N–H and O–H groups in total. The van der Waals surface area contributed by atoms with Crippen LogP contribution in [0.25, 0.3) is 0 Å². The van der Waals surface area contributed by atoms with Gasteiger partial charge < -0.3 is 9.64 Å². The van der Waals surface area contributed by atoms with Crippen LogP contribution in [0.1, 0.15) is 23.2 Å². The number of benzene rings is 1. The lowest BCUT2D eigenvalue weighted by atomic mass is 10.1. The predicted octanol–water partition coefficient (Wildman–Crippen LogP) is 3.85. The number of likely N-dealkylation sites (tertiary alicyclic amines) is 1. The van der Waals surface area contributed by atoms with Gasteiger partial charge in [0.25, 0.3) is 5.91 Å². The standard InChI is InChI=1S/C14H16Cl3NO2/c15-6-9-20-10-4-7-18(8-5-10)14(19)11-2-1-3-12(16)13(11)17/h1-3,10H,4-9H2. The molecule has 0 aromatic heterocycles. The summed E-state index contributed by atoms with van der Waals surface area (Å²) in [5.74, 6) is 0.422.